The lowest BCUT2D eigenvalue weighted by atomic mass is 10.9. The fraction of sp³-hybridized carbons (Fsp3) is 0. The van der Waals surface area contributed by atoms with Crippen molar-refractivity contribution in [2.24, 2.45) is 0 Å². The molecule has 10 nitrogen and oxygen atoms in total. The summed E-state index contributed by atoms with van der Waals surface area (Å²) in [4.78, 5) is 19.5. The van der Waals surface area contributed by atoms with Gasteiger partial charge in [0.05, 0.1) is 0 Å². The van der Waals surface area contributed by atoms with Crippen molar-refractivity contribution in [1.29, 1.82) is 0 Å². The second-order valence-corrected chi connectivity index (χ2v) is 2.49. The van der Waals surface area contributed by atoms with Gasteiger partial charge in [0.15, 0.2) is 0 Å². The Morgan fingerprint density at radius 2 is 1.33 bits per heavy atom. The number of anilines is 3. The van der Waals surface area contributed by atoms with Crippen molar-refractivity contribution in [3.8, 4) is 0 Å². The molecule has 0 aliphatic heterocycles. The predicted octanol–water partition coefficient (Wildman–Crippen LogP) is -2.70. The molecule has 1 heterocycles. The van der Waals surface area contributed by atoms with Crippen molar-refractivity contribution in [1.82, 2.24) is 15.0 Å². The molecule has 0 amide bonds. The van der Waals surface area contributed by atoms with Crippen LogP contribution in [0.25, 0.3) is 0 Å². The van der Waals surface area contributed by atoms with Crippen molar-refractivity contribution in [2.75, 3.05) is 17.2 Å². The fourth-order valence-electron chi connectivity index (χ4n) is 0.462. The highest BCUT2D eigenvalue weighted by Crippen LogP contribution is 1.97. The average molecular weight is 236 g/mol. The summed E-state index contributed by atoms with van der Waals surface area (Å²) >= 11 is 0. The van der Waals surface area contributed by atoms with Crippen LogP contribution >= 0.6 is 0 Å². The van der Waals surface area contributed by atoms with Gasteiger partial charge < -0.3 is 21.4 Å². The molecule has 6 N–H and O–H groups in total. The number of nitrogens with zero attached hydrogens (tertiary/aromatic N) is 3. The molecule has 1 rings (SSSR count). The number of thiol groups is 1. The molecule has 11 heteroatoms. The average Bonchev–Trinajstić information content (AvgIpc) is 2.00. The summed E-state index contributed by atoms with van der Waals surface area (Å²) in [7, 11) is -2.97. The van der Waals surface area contributed by atoms with Crippen LogP contribution in [0.3, 0.4) is 0 Å². The van der Waals surface area contributed by atoms with Gasteiger partial charge in [-0.3, -0.25) is 4.79 Å². The first-order valence-electron chi connectivity index (χ1n) is 3.23. The van der Waals surface area contributed by atoms with Crippen LogP contribution in [0.15, 0.2) is 0 Å². The Labute approximate surface area is 85.6 Å². The van der Waals surface area contributed by atoms with Crippen LogP contribution in [0, 0.1) is 0 Å². The highest BCUT2D eigenvalue weighted by molar-refractivity contribution is 7.67. The predicted molar refractivity (Wildman–Crippen MR) is 50.5 cm³/mol. The van der Waals surface area contributed by atoms with Crippen LogP contribution in [0.5, 0.6) is 0 Å². The molecule has 15 heavy (non-hydrogen) atoms. The Morgan fingerprint density at radius 3 is 1.47 bits per heavy atom. The lowest BCUT2D eigenvalue weighted by Crippen LogP contribution is -2.05. The maximum Gasteiger partial charge on any atom is 0.309 e. The van der Waals surface area contributed by atoms with E-state index in [1.807, 2.05) is 0 Å². The molecule has 0 unspecified atom stereocenters. The first-order chi connectivity index (χ1) is 6.95. The van der Waals surface area contributed by atoms with Crippen LogP contribution in [-0.4, -0.2) is 29.8 Å². The van der Waals surface area contributed by atoms with E-state index in [2.05, 4.69) is 19.1 Å². The molecule has 0 saturated carbocycles. The van der Waals surface area contributed by atoms with E-state index in [4.69, 9.17) is 22.0 Å². The summed E-state index contributed by atoms with van der Waals surface area (Å²) in [5.74, 6) is 0.125. The van der Waals surface area contributed by atoms with E-state index in [1.165, 1.54) is 0 Å². The van der Waals surface area contributed by atoms with Gasteiger partial charge in [0.1, 0.15) is 0 Å². The lowest BCUT2D eigenvalue weighted by molar-refractivity contribution is -0.119. The zero-order chi connectivity index (χ0) is 11.8. The van der Waals surface area contributed by atoms with Gasteiger partial charge in [-0.15, -0.1) is 0 Å². The van der Waals surface area contributed by atoms with Crippen molar-refractivity contribution in [2.45, 2.75) is 0 Å². The molecule has 0 aliphatic carbocycles. The van der Waals surface area contributed by atoms with E-state index in [-0.39, 0.29) is 24.3 Å². The Hall–Kier alpha value is -2.17. The number of carbonyl (C=O) groups is 1. The van der Waals surface area contributed by atoms with E-state index < -0.39 is 11.0 Å². The quantitative estimate of drug-likeness (QED) is 0.312. The molecule has 0 atom stereocenters. The largest absolute Gasteiger partial charge is 0.368 e. The van der Waals surface area contributed by atoms with Crippen molar-refractivity contribution < 1.29 is 17.4 Å². The summed E-state index contributed by atoms with van der Waals surface area (Å²) in [5, 5.41) is 0. The Balaban J connectivity index is 0.000000288. The standard InChI is InChI=1S/C3H6N6.CH2O4S/c4-1-7-2(5)9-3(6)8-1;2-1-5-6(3)4/h(H6,4,5,6,7,8,9);1,6H. The van der Waals surface area contributed by atoms with E-state index in [1.54, 1.807) is 0 Å². The maximum atomic E-state index is 9.18. The molecule has 0 aromatic carbocycles. The highest BCUT2D eigenvalue weighted by atomic mass is 32.2. The number of nitrogen functional groups attached to an aromatic ring is 3. The summed E-state index contributed by atoms with van der Waals surface area (Å²) in [6.45, 7) is -0.147. The minimum atomic E-state index is -2.97. The van der Waals surface area contributed by atoms with E-state index >= 15 is 0 Å². The molecular weight excluding hydrogens is 228 g/mol. The van der Waals surface area contributed by atoms with Crippen molar-refractivity contribution in [3.63, 3.8) is 0 Å². The Morgan fingerprint density at radius 1 is 1.00 bits per heavy atom. The summed E-state index contributed by atoms with van der Waals surface area (Å²) in [6, 6.07) is 0. The van der Waals surface area contributed by atoms with Crippen LogP contribution in [0.1, 0.15) is 0 Å². The molecule has 0 fully saturated rings. The van der Waals surface area contributed by atoms with Crippen LogP contribution in [0.4, 0.5) is 17.8 Å². The molecule has 84 valence electrons. The maximum absolute atomic E-state index is 9.18. The lowest BCUT2D eigenvalue weighted by Gasteiger charge is -1.93. The minimum absolute atomic E-state index is 0.0417. The minimum Gasteiger partial charge on any atom is -0.368 e. The normalized spacial score (nSPS) is 8.87. The summed E-state index contributed by atoms with van der Waals surface area (Å²) < 4.78 is 21.7. The Bertz CT molecular complexity index is 348. The third-order valence-electron chi connectivity index (χ3n) is 0.816. The smallest absolute Gasteiger partial charge is 0.309 e. The molecule has 0 aliphatic rings. The molecular formula is C4H8N6O4S. The number of hydrogen-bond donors (Lipinski definition) is 4. The monoisotopic (exact) mass is 236 g/mol. The summed E-state index contributed by atoms with van der Waals surface area (Å²) in [6.07, 6.45) is 0. The SMILES string of the molecule is Nc1nc(N)nc(N)n1.O=CO[SH](=O)=O. The molecule has 1 aromatic rings. The zero-order valence-electron chi connectivity index (χ0n) is 7.23. The van der Waals surface area contributed by atoms with Gasteiger partial charge in [0.2, 0.25) is 17.8 Å². The van der Waals surface area contributed by atoms with Crippen LogP contribution < -0.4 is 17.2 Å². The zero-order valence-corrected chi connectivity index (χ0v) is 8.13. The van der Waals surface area contributed by atoms with E-state index in [0.717, 1.165) is 0 Å². The number of hydrogen-bond acceptors (Lipinski definition) is 10. The van der Waals surface area contributed by atoms with Crippen LogP contribution in [-0.2, 0) is 20.0 Å². The second-order valence-electron chi connectivity index (χ2n) is 1.84. The number of rotatable bonds is 2. The molecule has 0 bridgehead atoms. The second kappa shape index (κ2) is 6.31. The van der Waals surface area contributed by atoms with Gasteiger partial charge in [-0.1, -0.05) is 0 Å². The van der Waals surface area contributed by atoms with Crippen LogP contribution in [0.2, 0.25) is 0 Å². The van der Waals surface area contributed by atoms with E-state index in [9.17, 15) is 8.42 Å². The first kappa shape index (κ1) is 12.8. The molecule has 0 saturated heterocycles. The number of aromatic nitrogens is 3. The van der Waals surface area contributed by atoms with Gasteiger partial charge in [-0.2, -0.15) is 23.4 Å². The van der Waals surface area contributed by atoms with Gasteiger partial charge >= 0.3 is 17.5 Å². The third-order valence-corrected chi connectivity index (χ3v) is 1.07. The van der Waals surface area contributed by atoms with Crippen molar-refractivity contribution in [3.05, 3.63) is 0 Å². The third kappa shape index (κ3) is 6.94. The summed E-state index contributed by atoms with van der Waals surface area (Å²) in [5.41, 5.74) is 15.4. The van der Waals surface area contributed by atoms with Gasteiger partial charge in [0.25, 0.3) is 0 Å². The van der Waals surface area contributed by atoms with Crippen molar-refractivity contribution >= 4 is 35.3 Å². The number of nitrogens with two attached hydrogens (primary N) is 3. The first-order valence-corrected chi connectivity index (χ1v) is 4.32. The Kier molecular flexibility index (Phi) is 5.40. The highest BCUT2D eigenvalue weighted by Gasteiger charge is 1.93. The molecule has 0 spiro atoms. The van der Waals surface area contributed by atoms with Gasteiger partial charge in [-0.05, 0) is 0 Å². The number of carbonyl (C=O) groups excluding carboxylic acids is 1. The molecule has 1 aromatic heterocycles. The van der Waals surface area contributed by atoms with Gasteiger partial charge in [-0.25, -0.2) is 0 Å². The topological polar surface area (TPSA) is 177 Å². The fourth-order valence-corrected chi connectivity index (χ4v) is 0.532. The molecule has 0 radical (unpaired) electrons. The van der Waals surface area contributed by atoms with E-state index in [0.29, 0.717) is 0 Å². The van der Waals surface area contributed by atoms with Gasteiger partial charge in [0, 0.05) is 0 Å².